The number of hydrogen-bond acceptors (Lipinski definition) is 4. The van der Waals surface area contributed by atoms with Crippen molar-refractivity contribution in [3.8, 4) is 0 Å². The molecule has 1 aliphatic rings. The molecule has 1 aliphatic heterocycles. The summed E-state index contributed by atoms with van der Waals surface area (Å²) in [4.78, 5) is 2.62. The van der Waals surface area contributed by atoms with Crippen LogP contribution < -0.4 is 5.73 Å². The summed E-state index contributed by atoms with van der Waals surface area (Å²) >= 11 is 3.31. The first-order chi connectivity index (χ1) is 9.42. The van der Waals surface area contributed by atoms with Crippen LogP contribution in [-0.4, -0.2) is 44.7 Å². The number of nitrogens with zero attached hydrogens (tertiary/aromatic N) is 1. The van der Waals surface area contributed by atoms with E-state index in [4.69, 9.17) is 5.73 Å². The van der Waals surface area contributed by atoms with Gasteiger partial charge in [0.15, 0.2) is 9.84 Å². The van der Waals surface area contributed by atoms with Gasteiger partial charge in [-0.3, -0.25) is 4.90 Å². The van der Waals surface area contributed by atoms with E-state index >= 15 is 0 Å². The molecule has 2 rings (SSSR count). The molecular weight excluding hydrogens is 376 g/mol. The number of likely N-dealkylation sites (tertiary alicyclic amines) is 1. The van der Waals surface area contributed by atoms with E-state index in [1.807, 2.05) is 0 Å². The van der Waals surface area contributed by atoms with E-state index in [2.05, 4.69) is 27.8 Å². The SMILES string of the molecule is CC1CC(CN)CN1CCS(=O)(=O)c1ccc(Br)cc1.Cl. The van der Waals surface area contributed by atoms with Crippen LogP contribution >= 0.6 is 28.3 Å². The molecule has 0 bridgehead atoms. The smallest absolute Gasteiger partial charge is 0.179 e. The third kappa shape index (κ3) is 4.93. The van der Waals surface area contributed by atoms with Crippen molar-refractivity contribution >= 4 is 38.2 Å². The Morgan fingerprint density at radius 1 is 1.33 bits per heavy atom. The van der Waals surface area contributed by atoms with E-state index < -0.39 is 9.84 Å². The Morgan fingerprint density at radius 3 is 2.48 bits per heavy atom. The van der Waals surface area contributed by atoms with Gasteiger partial charge in [0.2, 0.25) is 0 Å². The van der Waals surface area contributed by atoms with Crippen molar-refractivity contribution in [2.24, 2.45) is 11.7 Å². The second-order valence-corrected chi connectivity index (χ2v) is 8.48. The predicted octanol–water partition coefficient (Wildman–Crippen LogP) is 2.31. The molecule has 1 heterocycles. The molecule has 4 nitrogen and oxygen atoms in total. The lowest BCUT2D eigenvalue weighted by Crippen LogP contribution is -2.32. The van der Waals surface area contributed by atoms with Gasteiger partial charge in [0.05, 0.1) is 10.6 Å². The Balaban J connectivity index is 0.00000220. The lowest BCUT2D eigenvalue weighted by atomic mass is 10.1. The molecule has 1 aromatic rings. The highest BCUT2D eigenvalue weighted by Gasteiger charge is 2.29. The fourth-order valence-electron chi connectivity index (χ4n) is 2.70. The molecule has 0 spiro atoms. The molecule has 0 saturated carbocycles. The molecule has 7 heteroatoms. The first kappa shape index (κ1) is 18.9. The van der Waals surface area contributed by atoms with Crippen molar-refractivity contribution in [3.05, 3.63) is 28.7 Å². The molecule has 1 fully saturated rings. The maximum atomic E-state index is 12.3. The second-order valence-electron chi connectivity index (χ2n) is 5.45. The molecule has 2 unspecified atom stereocenters. The van der Waals surface area contributed by atoms with E-state index in [1.54, 1.807) is 24.3 Å². The van der Waals surface area contributed by atoms with Crippen molar-refractivity contribution < 1.29 is 8.42 Å². The van der Waals surface area contributed by atoms with E-state index in [-0.39, 0.29) is 18.2 Å². The van der Waals surface area contributed by atoms with Crippen molar-refractivity contribution in [1.82, 2.24) is 4.90 Å². The molecule has 0 aromatic heterocycles. The van der Waals surface area contributed by atoms with Crippen LogP contribution in [0.3, 0.4) is 0 Å². The second kappa shape index (κ2) is 7.92. The van der Waals surface area contributed by atoms with Crippen LogP contribution in [0.5, 0.6) is 0 Å². The number of halogens is 2. The lowest BCUT2D eigenvalue weighted by molar-refractivity contribution is 0.280. The number of hydrogen-bond donors (Lipinski definition) is 1. The monoisotopic (exact) mass is 396 g/mol. The minimum Gasteiger partial charge on any atom is -0.330 e. The van der Waals surface area contributed by atoms with E-state index in [9.17, 15) is 8.42 Å². The Labute approximate surface area is 141 Å². The summed E-state index contributed by atoms with van der Waals surface area (Å²) in [5.74, 6) is 0.663. The minimum absolute atomic E-state index is 0. The van der Waals surface area contributed by atoms with Gasteiger partial charge < -0.3 is 5.73 Å². The number of rotatable bonds is 5. The van der Waals surface area contributed by atoms with E-state index in [1.165, 1.54) is 0 Å². The predicted molar refractivity (Wildman–Crippen MR) is 91.6 cm³/mol. The summed E-state index contributed by atoms with van der Waals surface area (Å²) in [5, 5.41) is 0. The van der Waals surface area contributed by atoms with Gasteiger partial charge in [0.25, 0.3) is 0 Å². The van der Waals surface area contributed by atoms with Crippen molar-refractivity contribution in [1.29, 1.82) is 0 Å². The quantitative estimate of drug-likeness (QED) is 0.828. The summed E-state index contributed by atoms with van der Waals surface area (Å²) < 4.78 is 25.5. The molecule has 0 amide bonds. The largest absolute Gasteiger partial charge is 0.330 e. The average Bonchev–Trinajstić information content (AvgIpc) is 2.78. The number of nitrogens with two attached hydrogens (primary N) is 1. The molecule has 0 radical (unpaired) electrons. The van der Waals surface area contributed by atoms with Gasteiger partial charge in [0, 0.05) is 23.6 Å². The third-order valence-electron chi connectivity index (χ3n) is 3.94. The summed E-state index contributed by atoms with van der Waals surface area (Å²) in [7, 11) is -3.21. The highest BCUT2D eigenvalue weighted by atomic mass is 79.9. The van der Waals surface area contributed by atoms with Crippen LogP contribution in [0.1, 0.15) is 13.3 Å². The fraction of sp³-hybridized carbons (Fsp3) is 0.571. The number of sulfone groups is 1. The summed E-state index contributed by atoms with van der Waals surface area (Å²) in [5.41, 5.74) is 5.70. The van der Waals surface area contributed by atoms with Crippen molar-refractivity contribution in [2.45, 2.75) is 24.3 Å². The summed E-state index contributed by atoms with van der Waals surface area (Å²) in [6, 6.07) is 7.24. The summed E-state index contributed by atoms with van der Waals surface area (Å²) in [6.07, 6.45) is 1.06. The average molecular weight is 398 g/mol. The minimum atomic E-state index is -3.21. The molecule has 1 aromatic carbocycles. The fourth-order valence-corrected chi connectivity index (χ4v) is 4.22. The van der Waals surface area contributed by atoms with Gasteiger partial charge in [-0.15, -0.1) is 12.4 Å². The molecule has 120 valence electrons. The Morgan fingerprint density at radius 2 is 1.95 bits per heavy atom. The Hall–Kier alpha value is -0.140. The van der Waals surface area contributed by atoms with Gasteiger partial charge in [-0.05, 0) is 50.1 Å². The van der Waals surface area contributed by atoms with E-state index in [0.717, 1.165) is 17.4 Å². The first-order valence-corrected chi connectivity index (χ1v) is 9.29. The van der Waals surface area contributed by atoms with Gasteiger partial charge in [-0.2, -0.15) is 0 Å². The molecule has 2 N–H and O–H groups in total. The molecule has 0 aliphatic carbocycles. The normalized spacial score (nSPS) is 23.0. The molecular formula is C14H22BrClN2O2S. The van der Waals surface area contributed by atoms with Crippen LogP contribution in [0.25, 0.3) is 0 Å². The molecule has 1 saturated heterocycles. The Bertz CT molecular complexity index is 551. The highest BCUT2D eigenvalue weighted by Crippen LogP contribution is 2.22. The zero-order chi connectivity index (χ0) is 14.8. The van der Waals surface area contributed by atoms with Gasteiger partial charge >= 0.3 is 0 Å². The standard InChI is InChI=1S/C14H21BrN2O2S.ClH/c1-11-8-12(9-16)10-17(11)6-7-20(18,19)14-4-2-13(15)3-5-14;/h2-5,11-12H,6-10,16H2,1H3;1H. The van der Waals surface area contributed by atoms with Crippen LogP contribution in [0.4, 0.5) is 0 Å². The zero-order valence-electron chi connectivity index (χ0n) is 12.0. The topological polar surface area (TPSA) is 63.4 Å². The lowest BCUT2D eigenvalue weighted by Gasteiger charge is -2.20. The van der Waals surface area contributed by atoms with Crippen molar-refractivity contribution in [2.75, 3.05) is 25.4 Å². The van der Waals surface area contributed by atoms with Crippen LogP contribution in [0.15, 0.2) is 33.6 Å². The van der Waals surface area contributed by atoms with Gasteiger partial charge in [0.1, 0.15) is 0 Å². The maximum Gasteiger partial charge on any atom is 0.179 e. The zero-order valence-corrected chi connectivity index (χ0v) is 15.3. The first-order valence-electron chi connectivity index (χ1n) is 6.85. The maximum absolute atomic E-state index is 12.3. The Kier molecular flexibility index (Phi) is 7.13. The van der Waals surface area contributed by atoms with Crippen LogP contribution in [-0.2, 0) is 9.84 Å². The van der Waals surface area contributed by atoms with Crippen LogP contribution in [0.2, 0.25) is 0 Å². The molecule has 2 atom stereocenters. The van der Waals surface area contributed by atoms with Crippen LogP contribution in [0, 0.1) is 5.92 Å². The van der Waals surface area contributed by atoms with E-state index in [0.29, 0.717) is 29.9 Å². The van der Waals surface area contributed by atoms with Gasteiger partial charge in [-0.1, -0.05) is 15.9 Å². The highest BCUT2D eigenvalue weighted by molar-refractivity contribution is 9.10. The van der Waals surface area contributed by atoms with Gasteiger partial charge in [-0.25, -0.2) is 8.42 Å². The third-order valence-corrected chi connectivity index (χ3v) is 6.18. The molecule has 21 heavy (non-hydrogen) atoms. The number of benzene rings is 1. The summed E-state index contributed by atoms with van der Waals surface area (Å²) in [6.45, 7) is 4.31. The van der Waals surface area contributed by atoms with Crippen molar-refractivity contribution in [3.63, 3.8) is 0 Å².